The molecule has 0 spiro atoms. The second-order valence-electron chi connectivity index (χ2n) is 3.29. The molecule has 0 atom stereocenters. The number of nitrogens with one attached hydrogen (secondary N) is 1. The van der Waals surface area contributed by atoms with Gasteiger partial charge < -0.3 is 5.32 Å². The van der Waals surface area contributed by atoms with E-state index in [0.29, 0.717) is 21.4 Å². The fraction of sp³-hybridized carbons (Fsp3) is 0. The van der Waals surface area contributed by atoms with Crippen LogP contribution in [0.25, 0.3) is 0 Å². The van der Waals surface area contributed by atoms with Crippen molar-refractivity contribution in [2.75, 3.05) is 5.32 Å². The summed E-state index contributed by atoms with van der Waals surface area (Å²) in [5, 5.41) is 11.9. The Hall–Kier alpha value is -1.93. The Morgan fingerprint density at radius 1 is 1.35 bits per heavy atom. The van der Waals surface area contributed by atoms with Crippen molar-refractivity contribution in [2.24, 2.45) is 0 Å². The molecule has 17 heavy (non-hydrogen) atoms. The van der Waals surface area contributed by atoms with Gasteiger partial charge in [-0.25, -0.2) is 4.39 Å². The molecule has 5 heteroatoms. The van der Waals surface area contributed by atoms with Crippen molar-refractivity contribution in [1.82, 2.24) is 4.98 Å². The summed E-state index contributed by atoms with van der Waals surface area (Å²) in [5.74, 6) is -0.331. The number of nitriles is 1. The highest BCUT2D eigenvalue weighted by Crippen LogP contribution is 2.24. The molecule has 1 aromatic heterocycles. The third-order valence-electron chi connectivity index (χ3n) is 2.14. The van der Waals surface area contributed by atoms with E-state index in [0.717, 1.165) is 0 Å². The van der Waals surface area contributed by atoms with Gasteiger partial charge in [0.05, 0.1) is 21.9 Å². The van der Waals surface area contributed by atoms with Crippen molar-refractivity contribution in [2.45, 2.75) is 0 Å². The molecule has 0 fully saturated rings. The highest BCUT2D eigenvalue weighted by atomic mass is 79.9. The third-order valence-corrected chi connectivity index (χ3v) is 2.75. The lowest BCUT2D eigenvalue weighted by molar-refractivity contribution is 0.621. The number of benzene rings is 1. The Bertz CT molecular complexity index is 593. The Kier molecular flexibility index (Phi) is 3.35. The van der Waals surface area contributed by atoms with Gasteiger partial charge in [-0.2, -0.15) is 5.26 Å². The van der Waals surface area contributed by atoms with Crippen LogP contribution in [0.15, 0.2) is 41.1 Å². The van der Waals surface area contributed by atoms with Gasteiger partial charge in [-0.15, -0.1) is 0 Å². The van der Waals surface area contributed by atoms with E-state index in [1.165, 1.54) is 6.07 Å². The van der Waals surface area contributed by atoms with Crippen LogP contribution in [0.5, 0.6) is 0 Å². The summed E-state index contributed by atoms with van der Waals surface area (Å²) in [6.07, 6.45) is 3.10. The summed E-state index contributed by atoms with van der Waals surface area (Å²) in [6, 6.07) is 8.20. The lowest BCUT2D eigenvalue weighted by Crippen LogP contribution is -1.94. The summed E-state index contributed by atoms with van der Waals surface area (Å²) < 4.78 is 13.4. The molecule has 0 unspecified atom stereocenters. The maximum Gasteiger partial charge on any atom is 0.137 e. The molecule has 1 heterocycles. The molecular formula is C12H7BrFN3. The summed E-state index contributed by atoms with van der Waals surface area (Å²) in [4.78, 5) is 3.93. The number of anilines is 2. The van der Waals surface area contributed by atoms with Gasteiger partial charge in [0.1, 0.15) is 11.9 Å². The van der Waals surface area contributed by atoms with E-state index >= 15 is 0 Å². The van der Waals surface area contributed by atoms with Gasteiger partial charge in [0.25, 0.3) is 0 Å². The van der Waals surface area contributed by atoms with E-state index in [2.05, 4.69) is 32.3 Å². The lowest BCUT2D eigenvalue weighted by atomic mass is 10.2. The zero-order valence-corrected chi connectivity index (χ0v) is 10.2. The average molecular weight is 292 g/mol. The first-order valence-electron chi connectivity index (χ1n) is 4.77. The van der Waals surface area contributed by atoms with Crippen LogP contribution >= 0.6 is 15.9 Å². The molecule has 0 radical (unpaired) electrons. The summed E-state index contributed by atoms with van der Waals surface area (Å²) >= 11 is 3.10. The molecule has 0 saturated heterocycles. The zero-order chi connectivity index (χ0) is 12.3. The van der Waals surface area contributed by atoms with Crippen LogP contribution in [0, 0.1) is 17.1 Å². The number of nitrogens with zero attached hydrogens (tertiary/aromatic N) is 2. The first-order chi connectivity index (χ1) is 8.20. The van der Waals surface area contributed by atoms with Crippen LogP contribution in [0.4, 0.5) is 15.8 Å². The minimum Gasteiger partial charge on any atom is -0.353 e. The van der Waals surface area contributed by atoms with Crippen LogP contribution in [0.1, 0.15) is 5.56 Å². The Balaban J connectivity index is 2.32. The van der Waals surface area contributed by atoms with E-state index < -0.39 is 0 Å². The summed E-state index contributed by atoms with van der Waals surface area (Å²) in [5.41, 5.74) is 1.76. The zero-order valence-electron chi connectivity index (χ0n) is 8.61. The largest absolute Gasteiger partial charge is 0.353 e. The van der Waals surface area contributed by atoms with E-state index in [9.17, 15) is 4.39 Å². The molecule has 0 aliphatic rings. The molecule has 0 saturated carbocycles. The topological polar surface area (TPSA) is 48.7 Å². The van der Waals surface area contributed by atoms with Gasteiger partial charge in [0.2, 0.25) is 0 Å². The molecule has 1 N–H and O–H groups in total. The molecule has 0 aliphatic carbocycles. The molecule has 0 aliphatic heterocycles. The Morgan fingerprint density at radius 2 is 2.18 bits per heavy atom. The highest BCUT2D eigenvalue weighted by molar-refractivity contribution is 9.10. The van der Waals surface area contributed by atoms with Gasteiger partial charge in [0.15, 0.2) is 0 Å². The predicted molar refractivity (Wildman–Crippen MR) is 66.3 cm³/mol. The predicted octanol–water partition coefficient (Wildman–Crippen LogP) is 3.60. The first kappa shape index (κ1) is 11.6. The number of hydrogen-bond donors (Lipinski definition) is 1. The number of rotatable bonds is 2. The molecule has 2 aromatic rings. The number of hydrogen-bond acceptors (Lipinski definition) is 3. The minimum absolute atomic E-state index is 0.331. The SMILES string of the molecule is N#Cc1ccncc1Nc1ccc(F)c(Br)c1. The lowest BCUT2D eigenvalue weighted by Gasteiger charge is -2.07. The van der Waals surface area contributed by atoms with Crippen LogP contribution in [-0.4, -0.2) is 4.98 Å². The fourth-order valence-corrected chi connectivity index (χ4v) is 1.70. The van der Waals surface area contributed by atoms with Gasteiger partial charge in [0, 0.05) is 11.9 Å². The highest BCUT2D eigenvalue weighted by Gasteiger charge is 2.04. The third kappa shape index (κ3) is 2.60. The van der Waals surface area contributed by atoms with Crippen molar-refractivity contribution in [3.63, 3.8) is 0 Å². The molecule has 0 amide bonds. The number of pyridine rings is 1. The summed E-state index contributed by atoms with van der Waals surface area (Å²) in [7, 11) is 0. The van der Waals surface area contributed by atoms with E-state index in [1.807, 2.05) is 0 Å². The molecule has 3 nitrogen and oxygen atoms in total. The van der Waals surface area contributed by atoms with Crippen LogP contribution in [0.3, 0.4) is 0 Å². The van der Waals surface area contributed by atoms with Crippen LogP contribution in [0.2, 0.25) is 0 Å². The van der Waals surface area contributed by atoms with Gasteiger partial charge in [-0.3, -0.25) is 4.98 Å². The van der Waals surface area contributed by atoms with Crippen molar-refractivity contribution in [1.29, 1.82) is 5.26 Å². The molecule has 84 valence electrons. The second kappa shape index (κ2) is 4.93. The van der Waals surface area contributed by atoms with E-state index in [1.54, 1.807) is 30.6 Å². The van der Waals surface area contributed by atoms with Crippen molar-refractivity contribution >= 4 is 27.3 Å². The van der Waals surface area contributed by atoms with Gasteiger partial charge >= 0.3 is 0 Å². The molecule has 2 rings (SSSR count). The van der Waals surface area contributed by atoms with E-state index in [-0.39, 0.29) is 5.82 Å². The average Bonchev–Trinajstić information content (AvgIpc) is 2.34. The monoisotopic (exact) mass is 291 g/mol. The quantitative estimate of drug-likeness (QED) is 0.920. The van der Waals surface area contributed by atoms with Crippen molar-refractivity contribution in [3.8, 4) is 6.07 Å². The maximum absolute atomic E-state index is 13.0. The normalized spacial score (nSPS) is 9.71. The van der Waals surface area contributed by atoms with Crippen LogP contribution < -0.4 is 5.32 Å². The standard InChI is InChI=1S/C12H7BrFN3/c13-10-5-9(1-2-11(10)14)17-12-7-16-4-3-8(12)6-15/h1-5,7,17H. The maximum atomic E-state index is 13.0. The molecular weight excluding hydrogens is 285 g/mol. The minimum atomic E-state index is -0.331. The Labute approximate surface area is 106 Å². The summed E-state index contributed by atoms with van der Waals surface area (Å²) in [6.45, 7) is 0. The first-order valence-corrected chi connectivity index (χ1v) is 5.56. The Morgan fingerprint density at radius 3 is 2.88 bits per heavy atom. The van der Waals surface area contributed by atoms with Crippen molar-refractivity contribution in [3.05, 3.63) is 52.5 Å². The van der Waals surface area contributed by atoms with Gasteiger partial charge in [-0.1, -0.05) is 0 Å². The second-order valence-corrected chi connectivity index (χ2v) is 4.14. The van der Waals surface area contributed by atoms with Crippen molar-refractivity contribution < 1.29 is 4.39 Å². The number of halogens is 2. The van der Waals surface area contributed by atoms with E-state index in [4.69, 9.17) is 5.26 Å². The van der Waals surface area contributed by atoms with Crippen LogP contribution in [-0.2, 0) is 0 Å². The smallest absolute Gasteiger partial charge is 0.137 e. The van der Waals surface area contributed by atoms with Gasteiger partial charge in [-0.05, 0) is 40.2 Å². The molecule has 1 aromatic carbocycles. The number of aromatic nitrogens is 1. The molecule has 0 bridgehead atoms. The fourth-order valence-electron chi connectivity index (χ4n) is 1.32.